The Kier molecular flexibility index (Phi) is 5.25. The Hall–Kier alpha value is -1.53. The first-order chi connectivity index (χ1) is 10.1. The van der Waals surface area contributed by atoms with Gasteiger partial charge in [-0.2, -0.15) is 0 Å². The van der Waals surface area contributed by atoms with Crippen molar-refractivity contribution in [2.24, 2.45) is 0 Å². The zero-order valence-corrected chi connectivity index (χ0v) is 13.6. The molecule has 5 nitrogen and oxygen atoms in total. The first-order valence-electron chi connectivity index (χ1n) is 6.36. The number of halogens is 2. The predicted molar refractivity (Wildman–Crippen MR) is 82.9 cm³/mol. The van der Waals surface area contributed by atoms with E-state index in [0.29, 0.717) is 11.3 Å². The number of alkyl halides is 1. The molecule has 0 saturated heterocycles. The van der Waals surface area contributed by atoms with Crippen LogP contribution < -0.4 is 10.6 Å². The number of nitrogens with one attached hydrogen (secondary N) is 2. The van der Waals surface area contributed by atoms with Gasteiger partial charge in [0.15, 0.2) is 0 Å². The Labute approximate surface area is 135 Å². The van der Waals surface area contributed by atoms with Crippen LogP contribution >= 0.6 is 27.5 Å². The van der Waals surface area contributed by atoms with Crippen LogP contribution in [0.25, 0.3) is 0 Å². The summed E-state index contributed by atoms with van der Waals surface area (Å²) in [6, 6.07) is 6.36. The fourth-order valence-electron chi connectivity index (χ4n) is 2.11. The molecule has 1 atom stereocenters. The van der Waals surface area contributed by atoms with E-state index < -0.39 is 18.0 Å². The summed E-state index contributed by atoms with van der Waals surface area (Å²) in [5, 5.41) is 5.28. The highest BCUT2D eigenvalue weighted by atomic mass is 79.9. The van der Waals surface area contributed by atoms with Crippen LogP contribution in [0.5, 0.6) is 0 Å². The SMILES string of the molecule is CCOC(=O)C1=C(CCl)NC(=O)N[C@H]1c1cccc(Br)c1. The van der Waals surface area contributed by atoms with E-state index in [2.05, 4.69) is 26.6 Å². The van der Waals surface area contributed by atoms with Crippen molar-refractivity contribution >= 4 is 39.5 Å². The van der Waals surface area contributed by atoms with Crippen LogP contribution in [0, 0.1) is 0 Å². The van der Waals surface area contributed by atoms with Crippen molar-refractivity contribution in [1.82, 2.24) is 10.6 Å². The van der Waals surface area contributed by atoms with Gasteiger partial charge in [-0.05, 0) is 24.6 Å². The van der Waals surface area contributed by atoms with Gasteiger partial charge in [-0.25, -0.2) is 9.59 Å². The molecule has 0 spiro atoms. The van der Waals surface area contributed by atoms with E-state index in [1.807, 2.05) is 24.3 Å². The largest absolute Gasteiger partial charge is 0.463 e. The summed E-state index contributed by atoms with van der Waals surface area (Å²) in [7, 11) is 0. The minimum absolute atomic E-state index is 0.0199. The molecule has 1 aromatic carbocycles. The van der Waals surface area contributed by atoms with Crippen molar-refractivity contribution in [1.29, 1.82) is 0 Å². The molecule has 0 fully saturated rings. The third kappa shape index (κ3) is 3.57. The van der Waals surface area contributed by atoms with Gasteiger partial charge in [0, 0.05) is 10.2 Å². The average molecular weight is 374 g/mol. The second-order valence-corrected chi connectivity index (χ2v) is 5.52. The molecular formula is C14H14BrClN2O3. The van der Waals surface area contributed by atoms with Crippen molar-refractivity contribution in [3.63, 3.8) is 0 Å². The molecule has 112 valence electrons. The number of carbonyl (C=O) groups is 2. The van der Waals surface area contributed by atoms with Gasteiger partial charge >= 0.3 is 12.0 Å². The number of esters is 1. The molecule has 0 radical (unpaired) electrons. The fraction of sp³-hybridized carbons (Fsp3) is 0.286. The van der Waals surface area contributed by atoms with Crippen molar-refractivity contribution in [3.8, 4) is 0 Å². The van der Waals surface area contributed by atoms with E-state index in [1.165, 1.54) is 0 Å². The highest BCUT2D eigenvalue weighted by molar-refractivity contribution is 9.10. The van der Waals surface area contributed by atoms with E-state index in [1.54, 1.807) is 6.92 Å². The van der Waals surface area contributed by atoms with Crippen LogP contribution in [-0.4, -0.2) is 24.5 Å². The molecule has 0 unspecified atom stereocenters. The second kappa shape index (κ2) is 6.95. The van der Waals surface area contributed by atoms with Crippen LogP contribution in [0.3, 0.4) is 0 Å². The normalized spacial score (nSPS) is 18.0. The molecule has 0 aliphatic carbocycles. The summed E-state index contributed by atoms with van der Waals surface area (Å²) >= 11 is 9.23. The van der Waals surface area contributed by atoms with E-state index in [9.17, 15) is 9.59 Å². The number of benzene rings is 1. The molecule has 0 saturated carbocycles. The number of hydrogen-bond donors (Lipinski definition) is 2. The van der Waals surface area contributed by atoms with Crippen molar-refractivity contribution < 1.29 is 14.3 Å². The van der Waals surface area contributed by atoms with Crippen molar-refractivity contribution in [3.05, 3.63) is 45.6 Å². The molecule has 2 rings (SSSR count). The molecule has 1 aliphatic rings. The van der Waals surface area contributed by atoms with Gasteiger partial charge < -0.3 is 15.4 Å². The minimum Gasteiger partial charge on any atom is -0.463 e. The van der Waals surface area contributed by atoms with Crippen LogP contribution in [-0.2, 0) is 9.53 Å². The topological polar surface area (TPSA) is 67.4 Å². The third-order valence-electron chi connectivity index (χ3n) is 2.96. The lowest BCUT2D eigenvalue weighted by molar-refractivity contribution is -0.139. The molecule has 2 amide bonds. The predicted octanol–water partition coefficient (Wildman–Crippen LogP) is 2.86. The lowest BCUT2D eigenvalue weighted by Crippen LogP contribution is -2.46. The number of allylic oxidation sites excluding steroid dienone is 1. The van der Waals surface area contributed by atoms with E-state index in [0.717, 1.165) is 10.0 Å². The first kappa shape index (κ1) is 15.9. The summed E-state index contributed by atoms with van der Waals surface area (Å²) in [6.07, 6.45) is 0. The van der Waals surface area contributed by atoms with Crippen LogP contribution in [0.2, 0.25) is 0 Å². The summed E-state index contributed by atoms with van der Waals surface area (Å²) < 4.78 is 5.92. The Balaban J connectivity index is 2.49. The Morgan fingerprint density at radius 1 is 1.48 bits per heavy atom. The van der Waals surface area contributed by atoms with Gasteiger partial charge in [0.25, 0.3) is 0 Å². The quantitative estimate of drug-likeness (QED) is 0.630. The summed E-state index contributed by atoms with van der Waals surface area (Å²) in [6.45, 7) is 1.97. The number of ether oxygens (including phenoxy) is 1. The van der Waals surface area contributed by atoms with Gasteiger partial charge in [-0.15, -0.1) is 11.6 Å². The zero-order valence-electron chi connectivity index (χ0n) is 11.3. The molecule has 0 bridgehead atoms. The van der Waals surface area contributed by atoms with Gasteiger partial charge in [0.05, 0.1) is 24.1 Å². The maximum atomic E-state index is 12.2. The zero-order chi connectivity index (χ0) is 15.4. The van der Waals surface area contributed by atoms with Gasteiger partial charge in [0.1, 0.15) is 0 Å². The number of hydrogen-bond acceptors (Lipinski definition) is 3. The van der Waals surface area contributed by atoms with Gasteiger partial charge in [-0.1, -0.05) is 28.1 Å². The minimum atomic E-state index is -0.593. The number of carbonyl (C=O) groups excluding carboxylic acids is 2. The van der Waals surface area contributed by atoms with Crippen molar-refractivity contribution in [2.45, 2.75) is 13.0 Å². The maximum absolute atomic E-state index is 12.2. The molecule has 1 aromatic rings. The Morgan fingerprint density at radius 2 is 2.24 bits per heavy atom. The highest BCUT2D eigenvalue weighted by Gasteiger charge is 2.33. The molecule has 1 aliphatic heterocycles. The van der Waals surface area contributed by atoms with E-state index in [-0.39, 0.29) is 12.5 Å². The van der Waals surface area contributed by atoms with Crippen LogP contribution in [0.4, 0.5) is 4.79 Å². The highest BCUT2D eigenvalue weighted by Crippen LogP contribution is 2.29. The molecular weight excluding hydrogens is 360 g/mol. The molecule has 7 heteroatoms. The maximum Gasteiger partial charge on any atom is 0.338 e. The number of rotatable bonds is 4. The van der Waals surface area contributed by atoms with Gasteiger partial charge in [-0.3, -0.25) is 0 Å². The summed E-state index contributed by atoms with van der Waals surface area (Å²) in [4.78, 5) is 23.9. The van der Waals surface area contributed by atoms with Gasteiger partial charge in [0.2, 0.25) is 0 Å². The van der Waals surface area contributed by atoms with E-state index in [4.69, 9.17) is 16.3 Å². The standard InChI is InChI=1S/C14H14BrClN2O3/c1-2-21-13(19)11-10(7-16)17-14(20)18-12(11)8-4-3-5-9(15)6-8/h3-6,12H,2,7H2,1H3,(H2,17,18,20)/t12-/m0/s1. The number of amides is 2. The summed E-state index contributed by atoms with van der Waals surface area (Å²) in [5.74, 6) is -0.475. The lowest BCUT2D eigenvalue weighted by Gasteiger charge is -2.28. The lowest BCUT2D eigenvalue weighted by atomic mass is 9.95. The smallest absolute Gasteiger partial charge is 0.338 e. The van der Waals surface area contributed by atoms with E-state index >= 15 is 0 Å². The fourth-order valence-corrected chi connectivity index (χ4v) is 2.74. The monoisotopic (exact) mass is 372 g/mol. The molecule has 1 heterocycles. The summed E-state index contributed by atoms with van der Waals surface area (Å²) in [5.41, 5.74) is 1.46. The molecule has 2 N–H and O–H groups in total. The average Bonchev–Trinajstić information content (AvgIpc) is 2.46. The third-order valence-corrected chi connectivity index (χ3v) is 3.73. The van der Waals surface area contributed by atoms with Crippen LogP contribution in [0.15, 0.2) is 40.0 Å². The Bertz CT molecular complexity index is 604. The molecule has 0 aromatic heterocycles. The first-order valence-corrected chi connectivity index (χ1v) is 7.68. The second-order valence-electron chi connectivity index (χ2n) is 4.33. The van der Waals surface area contributed by atoms with Crippen molar-refractivity contribution in [2.75, 3.05) is 12.5 Å². The Morgan fingerprint density at radius 3 is 2.86 bits per heavy atom. The molecule has 21 heavy (non-hydrogen) atoms. The van der Waals surface area contributed by atoms with Crippen LogP contribution in [0.1, 0.15) is 18.5 Å². The number of urea groups is 1.